The van der Waals surface area contributed by atoms with Crippen LogP contribution in [0.1, 0.15) is 130 Å². The molecular formula is C51H69N3O3. The Kier molecular flexibility index (Phi) is 9.77. The summed E-state index contributed by atoms with van der Waals surface area (Å²) < 4.78 is 0. The highest BCUT2D eigenvalue weighted by molar-refractivity contribution is 5.47. The number of rotatable bonds is 0. The van der Waals surface area contributed by atoms with Crippen LogP contribution in [0, 0.1) is 17.8 Å². The van der Waals surface area contributed by atoms with E-state index in [0.29, 0.717) is 33.5 Å². The number of piperidine rings is 3. The molecule has 3 N–H and O–H groups in total. The van der Waals surface area contributed by atoms with E-state index in [4.69, 9.17) is 0 Å². The summed E-state index contributed by atoms with van der Waals surface area (Å²) in [5.74, 6) is 3.80. The first-order valence-electron chi connectivity index (χ1n) is 23.2. The molecule has 3 aromatic carbocycles. The summed E-state index contributed by atoms with van der Waals surface area (Å²) in [5.41, 5.74) is 10.1. The molecule has 12 rings (SSSR count). The van der Waals surface area contributed by atoms with Crippen molar-refractivity contribution in [3.8, 4) is 17.2 Å². The highest BCUT2D eigenvalue weighted by Crippen LogP contribution is 2.58. The van der Waals surface area contributed by atoms with E-state index in [9.17, 15) is 15.3 Å². The summed E-state index contributed by atoms with van der Waals surface area (Å²) in [6, 6.07) is 20.5. The van der Waals surface area contributed by atoms with E-state index in [2.05, 4.69) is 72.2 Å². The minimum atomic E-state index is 0.377. The average Bonchev–Trinajstić information content (AvgIpc) is 3.23. The zero-order chi connectivity index (χ0) is 39.1. The van der Waals surface area contributed by atoms with Crippen molar-refractivity contribution in [3.63, 3.8) is 0 Å². The number of phenols is 3. The average molecular weight is 772 g/mol. The molecule has 0 radical (unpaired) electrons. The molecule has 57 heavy (non-hydrogen) atoms. The van der Waals surface area contributed by atoms with Crippen LogP contribution in [0.4, 0.5) is 0 Å². The van der Waals surface area contributed by atoms with E-state index in [1.807, 2.05) is 18.2 Å². The number of hydrogen-bond donors (Lipinski definition) is 3. The summed E-state index contributed by atoms with van der Waals surface area (Å²) in [6.45, 7) is 3.66. The zero-order valence-electron chi connectivity index (χ0n) is 35.2. The first-order chi connectivity index (χ1) is 27.6. The van der Waals surface area contributed by atoms with E-state index < -0.39 is 0 Å². The predicted octanol–water partition coefficient (Wildman–Crippen LogP) is 9.24. The van der Waals surface area contributed by atoms with Crippen molar-refractivity contribution in [2.75, 3.05) is 40.8 Å². The minimum Gasteiger partial charge on any atom is -0.508 e. The van der Waals surface area contributed by atoms with E-state index in [0.717, 1.165) is 35.9 Å². The third kappa shape index (κ3) is 6.11. The maximum Gasteiger partial charge on any atom is 0.115 e. The summed E-state index contributed by atoms with van der Waals surface area (Å²) in [4.78, 5) is 7.76. The number of phenolic OH excluding ortho intramolecular Hbond substituents is 3. The number of likely N-dealkylation sites (tertiary alicyclic amines) is 3. The molecule has 0 aromatic heterocycles. The lowest BCUT2D eigenvalue weighted by atomic mass is 9.52. The fourth-order valence-electron chi connectivity index (χ4n) is 15.6. The number of likely N-dealkylation sites (N-methyl/N-ethyl adjacent to an activating group) is 3. The maximum atomic E-state index is 9.91. The third-order valence-corrected chi connectivity index (χ3v) is 18.3. The van der Waals surface area contributed by atoms with Crippen LogP contribution in [0.15, 0.2) is 54.6 Å². The van der Waals surface area contributed by atoms with Crippen LogP contribution in [0.5, 0.6) is 17.2 Å². The Labute approximate surface area is 342 Å². The van der Waals surface area contributed by atoms with Gasteiger partial charge in [-0.2, -0.15) is 0 Å². The highest BCUT2D eigenvalue weighted by atomic mass is 16.3. The van der Waals surface area contributed by atoms with Gasteiger partial charge in [0.25, 0.3) is 0 Å². The van der Waals surface area contributed by atoms with Crippen molar-refractivity contribution < 1.29 is 15.3 Å². The number of aromatic hydroxyl groups is 3. The van der Waals surface area contributed by atoms with Gasteiger partial charge in [0.05, 0.1) is 0 Å². The molecule has 306 valence electrons. The van der Waals surface area contributed by atoms with E-state index in [1.165, 1.54) is 169 Å². The monoisotopic (exact) mass is 772 g/mol. The van der Waals surface area contributed by atoms with Gasteiger partial charge in [-0.3, -0.25) is 0 Å². The molecule has 3 aliphatic heterocycles. The van der Waals surface area contributed by atoms with Crippen molar-refractivity contribution in [1.29, 1.82) is 0 Å². The second kappa shape index (κ2) is 14.6. The van der Waals surface area contributed by atoms with Crippen LogP contribution in [-0.2, 0) is 35.5 Å². The van der Waals surface area contributed by atoms with Crippen LogP contribution in [0.3, 0.4) is 0 Å². The van der Waals surface area contributed by atoms with Crippen LogP contribution in [0.25, 0.3) is 0 Å². The Balaban J connectivity index is 0.000000104. The van der Waals surface area contributed by atoms with Crippen LogP contribution < -0.4 is 0 Å². The Morgan fingerprint density at radius 1 is 0.421 bits per heavy atom. The lowest BCUT2D eigenvalue weighted by Gasteiger charge is -2.58. The molecule has 6 heteroatoms. The molecule has 3 aromatic rings. The molecule has 9 aliphatic rings. The van der Waals surface area contributed by atoms with Gasteiger partial charge in [0.1, 0.15) is 17.2 Å². The first-order valence-corrected chi connectivity index (χ1v) is 23.2. The van der Waals surface area contributed by atoms with Gasteiger partial charge in [-0.15, -0.1) is 0 Å². The topological polar surface area (TPSA) is 70.4 Å². The van der Waals surface area contributed by atoms with Crippen molar-refractivity contribution in [3.05, 3.63) is 88.0 Å². The first kappa shape index (κ1) is 38.2. The molecule has 6 fully saturated rings. The van der Waals surface area contributed by atoms with Crippen LogP contribution in [0.2, 0.25) is 0 Å². The normalized spacial score (nSPS) is 37.5. The molecule has 3 unspecified atom stereocenters. The summed E-state index contributed by atoms with van der Waals surface area (Å²) in [6.07, 6.45) is 23.8. The van der Waals surface area contributed by atoms with E-state index in [1.54, 1.807) is 0 Å². The van der Waals surface area contributed by atoms with Crippen molar-refractivity contribution in [1.82, 2.24) is 14.7 Å². The van der Waals surface area contributed by atoms with Gasteiger partial charge in [0.2, 0.25) is 0 Å². The minimum absolute atomic E-state index is 0.377. The molecule has 6 aliphatic carbocycles. The fraction of sp³-hybridized carbons (Fsp3) is 0.647. The SMILES string of the molecule is CN1CCC23CCCCC2C1Cc1ccc(O)cc13.CN1CC[C@@]23CCCC[C@@H]2[C@@H]1Cc1ccc(O)cc13.CN1CC[C@]23CCCC[C@H]2[C@H]1Cc1ccc(O)cc13. The Hall–Kier alpha value is -3.06. The second-order valence-corrected chi connectivity index (χ2v) is 20.6. The molecule has 0 spiro atoms. The molecule has 3 saturated heterocycles. The van der Waals surface area contributed by atoms with E-state index in [-0.39, 0.29) is 0 Å². The zero-order valence-corrected chi connectivity index (χ0v) is 35.2. The predicted molar refractivity (Wildman–Crippen MR) is 229 cm³/mol. The number of nitrogens with zero attached hydrogens (tertiary/aromatic N) is 3. The number of hydrogen-bond acceptors (Lipinski definition) is 6. The van der Waals surface area contributed by atoms with Gasteiger partial charge in [-0.1, -0.05) is 56.7 Å². The van der Waals surface area contributed by atoms with Crippen LogP contribution in [-0.4, -0.2) is 88.9 Å². The van der Waals surface area contributed by atoms with Gasteiger partial charge in [0.15, 0.2) is 0 Å². The molecule has 6 nitrogen and oxygen atoms in total. The van der Waals surface area contributed by atoms with Crippen molar-refractivity contribution >= 4 is 0 Å². The number of fused-ring (bicyclic) bond motifs is 3. The molecule has 0 amide bonds. The Morgan fingerprint density at radius 3 is 1.02 bits per heavy atom. The highest BCUT2D eigenvalue weighted by Gasteiger charge is 2.55. The molecule has 3 saturated carbocycles. The van der Waals surface area contributed by atoms with Crippen molar-refractivity contribution in [2.24, 2.45) is 17.8 Å². The van der Waals surface area contributed by atoms with Gasteiger partial charge in [-0.05, 0) is 205 Å². The van der Waals surface area contributed by atoms with E-state index >= 15 is 0 Å². The van der Waals surface area contributed by atoms with Gasteiger partial charge < -0.3 is 30.0 Å². The molecule has 3 heterocycles. The fourth-order valence-corrected chi connectivity index (χ4v) is 15.6. The summed E-state index contributed by atoms with van der Waals surface area (Å²) >= 11 is 0. The van der Waals surface area contributed by atoms with Crippen LogP contribution >= 0.6 is 0 Å². The summed E-state index contributed by atoms with van der Waals surface area (Å²) in [7, 11) is 6.90. The smallest absolute Gasteiger partial charge is 0.115 e. The quantitative estimate of drug-likeness (QED) is 0.212. The molecule has 6 bridgehead atoms. The third-order valence-electron chi connectivity index (χ3n) is 18.3. The Bertz CT molecular complexity index is 1760. The lowest BCUT2D eigenvalue weighted by Crippen LogP contribution is -2.59. The molecule has 9 atom stereocenters. The Morgan fingerprint density at radius 2 is 0.719 bits per heavy atom. The van der Waals surface area contributed by atoms with Crippen molar-refractivity contribution in [2.45, 2.75) is 150 Å². The summed E-state index contributed by atoms with van der Waals surface area (Å²) in [5, 5.41) is 29.7. The molecular weight excluding hydrogens is 703 g/mol. The van der Waals surface area contributed by atoms with Gasteiger partial charge in [0, 0.05) is 34.4 Å². The second-order valence-electron chi connectivity index (χ2n) is 20.6. The number of benzene rings is 3. The van der Waals surface area contributed by atoms with Gasteiger partial charge in [-0.25, -0.2) is 0 Å². The standard InChI is InChI=1S/3C17H23NO/c3*1-18-9-8-17-7-3-2-4-14(17)16(18)10-12-5-6-13(19)11-15(12)17/h3*5-6,11,14,16,19H,2-4,7-10H2,1H3/t2*14-,16+,17+;/m10./s1. The largest absolute Gasteiger partial charge is 0.508 e. The lowest BCUT2D eigenvalue weighted by molar-refractivity contribution is 0.00272. The maximum absolute atomic E-state index is 9.91. The van der Waals surface area contributed by atoms with Gasteiger partial charge >= 0.3 is 0 Å².